The van der Waals surface area contributed by atoms with Crippen molar-refractivity contribution in [2.24, 2.45) is 5.92 Å². The molecule has 2 fully saturated rings. The van der Waals surface area contributed by atoms with E-state index in [0.29, 0.717) is 62.3 Å². The molecule has 0 unspecified atom stereocenters. The Labute approximate surface area is 276 Å². The summed E-state index contributed by atoms with van der Waals surface area (Å²) in [6, 6.07) is 12.9. The highest BCUT2D eigenvalue weighted by Crippen LogP contribution is 2.60. The quantitative estimate of drug-likeness (QED) is 0.133. The van der Waals surface area contributed by atoms with E-state index in [4.69, 9.17) is 9.47 Å². The van der Waals surface area contributed by atoms with Crippen LogP contribution in [0.25, 0.3) is 0 Å². The van der Waals surface area contributed by atoms with E-state index in [1.165, 1.54) is 7.11 Å². The number of benzene rings is 2. The van der Waals surface area contributed by atoms with Crippen LogP contribution in [-0.4, -0.2) is 81.1 Å². The number of hydrogen-bond acceptors (Lipinski definition) is 7. The highest BCUT2D eigenvalue weighted by Gasteiger charge is 2.67. The fraction of sp³-hybridized carbons (Fsp3) is 0.543. The van der Waals surface area contributed by atoms with Gasteiger partial charge in [0.25, 0.3) is 5.91 Å². The maximum absolute atomic E-state index is 16.4. The first kappa shape index (κ1) is 33.3. The third-order valence-electron chi connectivity index (χ3n) is 10.6. The molecule has 3 amide bonds. The van der Waals surface area contributed by atoms with Crippen molar-refractivity contribution in [1.82, 2.24) is 4.90 Å². The van der Waals surface area contributed by atoms with Gasteiger partial charge >= 0.3 is 5.97 Å². The fourth-order valence-corrected chi connectivity index (χ4v) is 10.7. The highest BCUT2D eigenvalue weighted by atomic mass is 28.4. The van der Waals surface area contributed by atoms with Crippen LogP contribution in [0.5, 0.6) is 0 Å². The second-order valence-corrected chi connectivity index (χ2v) is 17.6. The number of ether oxygens (including phenoxy) is 2. The monoisotopic (exact) mass is 665 g/mol. The first-order chi connectivity index (χ1) is 22.4. The van der Waals surface area contributed by atoms with Gasteiger partial charge in [-0.3, -0.25) is 19.2 Å². The van der Waals surface area contributed by atoms with Crippen LogP contribution in [0.2, 0.25) is 18.6 Å². The van der Waals surface area contributed by atoms with E-state index in [1.54, 1.807) is 27.8 Å². The maximum Gasteiger partial charge on any atom is 0.305 e. The molecule has 10 nitrogen and oxygen atoms in total. The number of carbonyl (C=O) groups excluding carboxylic acids is 4. The van der Waals surface area contributed by atoms with Gasteiger partial charge in [0.1, 0.15) is 0 Å². The van der Waals surface area contributed by atoms with E-state index in [2.05, 4.69) is 0 Å². The standard InChI is InChI=1S/C35H44FN3O7Si/c1-22-33(47(3,4)36)29(19-31(42)39-20-24-10-6-5-9-23(24)17-26(39)21-40)46-35(22)27-18-25(37-16-14-30(37)41)12-13-28(27)38(34(35)44)15-8-7-11-32(43)45-2/h5-6,9-10,12-13,18,22,26,29,33,40H,7-8,11,14-17,19-21H2,1-4H3/t22-,26+,29+,33-,35+/m1/s1. The summed E-state index contributed by atoms with van der Waals surface area (Å²) in [4.78, 5) is 57.8. The first-order valence-corrected chi connectivity index (χ1v) is 19.5. The molecule has 4 aliphatic rings. The van der Waals surface area contributed by atoms with Crippen LogP contribution in [0.4, 0.5) is 15.5 Å². The van der Waals surface area contributed by atoms with Gasteiger partial charge in [-0.1, -0.05) is 31.2 Å². The zero-order valence-electron chi connectivity index (χ0n) is 27.5. The number of esters is 1. The van der Waals surface area contributed by atoms with Crippen molar-refractivity contribution in [2.75, 3.05) is 36.6 Å². The molecule has 0 aromatic heterocycles. The molecule has 4 aliphatic heterocycles. The van der Waals surface area contributed by atoms with Crippen molar-refractivity contribution < 1.29 is 37.9 Å². The number of halogens is 1. The minimum Gasteiger partial charge on any atom is -0.469 e. The molecule has 4 heterocycles. The number of methoxy groups -OCH3 is 1. The topological polar surface area (TPSA) is 117 Å². The largest absolute Gasteiger partial charge is 0.469 e. The van der Waals surface area contributed by atoms with Gasteiger partial charge in [0.15, 0.2) is 5.60 Å². The van der Waals surface area contributed by atoms with E-state index in [9.17, 15) is 24.3 Å². The SMILES string of the molecule is COC(=O)CCCCN1C(=O)[C@@]2(O[C@@H](CC(=O)N3Cc4ccccc4C[C@H]3CO)[C@H]([Si](C)(C)F)[C@H]2C)c2cc(N3CCC3=O)ccc21. The van der Waals surface area contributed by atoms with E-state index < -0.39 is 37.6 Å². The summed E-state index contributed by atoms with van der Waals surface area (Å²) < 4.78 is 28.0. The summed E-state index contributed by atoms with van der Waals surface area (Å²) in [6.45, 7) is 6.07. The predicted molar refractivity (Wildman–Crippen MR) is 176 cm³/mol. The van der Waals surface area contributed by atoms with Crippen LogP contribution in [0.3, 0.4) is 0 Å². The van der Waals surface area contributed by atoms with Crippen LogP contribution in [0.1, 0.15) is 55.7 Å². The molecule has 252 valence electrons. The van der Waals surface area contributed by atoms with Crippen LogP contribution in [0.15, 0.2) is 42.5 Å². The van der Waals surface area contributed by atoms with Gasteiger partial charge in [0.2, 0.25) is 20.2 Å². The van der Waals surface area contributed by atoms with Gasteiger partial charge in [0.05, 0.1) is 38.0 Å². The molecule has 2 aromatic rings. The fourth-order valence-electron chi connectivity index (χ4n) is 8.19. The molecule has 12 heteroatoms. The van der Waals surface area contributed by atoms with Crippen LogP contribution >= 0.6 is 0 Å². The summed E-state index contributed by atoms with van der Waals surface area (Å²) in [5.74, 6) is -1.50. The minimum atomic E-state index is -3.54. The Morgan fingerprint density at radius 3 is 2.51 bits per heavy atom. The van der Waals surface area contributed by atoms with Crippen LogP contribution < -0.4 is 9.80 Å². The van der Waals surface area contributed by atoms with Crippen LogP contribution in [0, 0.1) is 5.92 Å². The summed E-state index contributed by atoms with van der Waals surface area (Å²) in [5, 5.41) is 10.2. The van der Waals surface area contributed by atoms with Gasteiger partial charge in [-0.25, -0.2) is 0 Å². The predicted octanol–water partition coefficient (Wildman–Crippen LogP) is 4.22. The molecular formula is C35H44FN3O7Si. The minimum absolute atomic E-state index is 0.0106. The summed E-state index contributed by atoms with van der Waals surface area (Å²) in [6.07, 6.45) is 1.25. The third kappa shape index (κ3) is 5.78. The molecule has 2 saturated heterocycles. The second-order valence-electron chi connectivity index (χ2n) is 13.8. The van der Waals surface area contributed by atoms with Gasteiger partial charge < -0.3 is 33.4 Å². The number of anilines is 2. The normalized spacial score (nSPS) is 26.8. The van der Waals surface area contributed by atoms with Crippen molar-refractivity contribution in [3.8, 4) is 0 Å². The van der Waals surface area contributed by atoms with E-state index in [0.717, 1.165) is 11.1 Å². The van der Waals surface area contributed by atoms with Crippen LogP contribution in [-0.2, 0) is 47.2 Å². The van der Waals surface area contributed by atoms with Gasteiger partial charge in [-0.15, -0.1) is 0 Å². The number of hydrogen-bond donors (Lipinski definition) is 1. The molecule has 2 aromatic carbocycles. The number of carbonyl (C=O) groups is 4. The van der Waals surface area contributed by atoms with E-state index >= 15 is 4.11 Å². The number of β-lactam (4-membered cyclic amide) rings is 1. The zero-order chi connectivity index (χ0) is 33.7. The van der Waals surface area contributed by atoms with Crippen molar-refractivity contribution in [3.05, 3.63) is 59.2 Å². The number of amides is 3. The van der Waals surface area contributed by atoms with Gasteiger partial charge in [-0.2, -0.15) is 0 Å². The molecule has 0 aliphatic carbocycles. The van der Waals surface area contributed by atoms with Crippen molar-refractivity contribution >= 4 is 43.5 Å². The Balaban J connectivity index is 1.34. The lowest BCUT2D eigenvalue weighted by atomic mass is 9.82. The van der Waals surface area contributed by atoms with E-state index in [-0.39, 0.29) is 43.1 Å². The van der Waals surface area contributed by atoms with Crippen molar-refractivity contribution in [2.45, 2.75) is 88.4 Å². The molecule has 47 heavy (non-hydrogen) atoms. The van der Waals surface area contributed by atoms with Crippen molar-refractivity contribution in [3.63, 3.8) is 0 Å². The summed E-state index contributed by atoms with van der Waals surface area (Å²) >= 11 is 0. The zero-order valence-corrected chi connectivity index (χ0v) is 28.5. The lowest BCUT2D eigenvalue weighted by molar-refractivity contribution is -0.151. The van der Waals surface area contributed by atoms with Gasteiger partial charge in [-0.05, 0) is 61.7 Å². The molecule has 6 rings (SSSR count). The maximum atomic E-state index is 16.4. The van der Waals surface area contributed by atoms with Crippen molar-refractivity contribution in [1.29, 1.82) is 0 Å². The molecule has 0 saturated carbocycles. The Hall–Kier alpha value is -3.61. The Bertz CT molecular complexity index is 1580. The summed E-state index contributed by atoms with van der Waals surface area (Å²) in [7, 11) is -2.20. The number of fused-ring (bicyclic) bond motifs is 3. The molecule has 1 N–H and O–H groups in total. The highest BCUT2D eigenvalue weighted by molar-refractivity contribution is 6.72. The molecule has 0 bridgehead atoms. The Morgan fingerprint density at radius 2 is 1.87 bits per heavy atom. The second kappa shape index (κ2) is 12.8. The Morgan fingerprint density at radius 1 is 1.13 bits per heavy atom. The molecule has 5 atom stereocenters. The lowest BCUT2D eigenvalue weighted by Gasteiger charge is -2.37. The number of aliphatic hydroxyl groups excluding tert-OH is 1. The summed E-state index contributed by atoms with van der Waals surface area (Å²) in [5.41, 5.74) is 1.75. The van der Waals surface area contributed by atoms with Gasteiger partial charge in [0, 0.05) is 55.2 Å². The average Bonchev–Trinajstić information content (AvgIpc) is 3.47. The molecule has 0 radical (unpaired) electrons. The lowest BCUT2D eigenvalue weighted by Crippen LogP contribution is -2.48. The third-order valence-corrected chi connectivity index (χ3v) is 13.1. The molecular weight excluding hydrogens is 621 g/mol. The smallest absolute Gasteiger partial charge is 0.305 e. The number of aliphatic hydroxyl groups is 1. The number of unbranched alkanes of at least 4 members (excludes halogenated alkanes) is 1. The molecule has 1 spiro atoms. The Kier molecular flexibility index (Phi) is 9.05. The first-order valence-electron chi connectivity index (χ1n) is 16.6. The number of rotatable bonds is 10. The average molecular weight is 666 g/mol. The van der Waals surface area contributed by atoms with E-state index in [1.807, 2.05) is 49.4 Å². The number of nitrogens with zero attached hydrogens (tertiary/aromatic N) is 3.